The largest absolute Gasteiger partial charge is 0.445 e. The van der Waals surface area contributed by atoms with Crippen LogP contribution in [0, 0.1) is 17.0 Å². The summed E-state index contributed by atoms with van der Waals surface area (Å²) in [6.07, 6.45) is -4.58. The maximum absolute atomic E-state index is 12.4. The summed E-state index contributed by atoms with van der Waals surface area (Å²) in [6, 6.07) is 0. The molecule has 0 fully saturated rings. The molecule has 2 aromatic rings. The number of halogens is 3. The van der Waals surface area contributed by atoms with Crippen molar-refractivity contribution in [3.8, 4) is 0 Å². The molecule has 2 heterocycles. The number of hydrogen-bond donors (Lipinski definition) is 0. The second-order valence-corrected chi connectivity index (χ2v) is 5.81. The van der Waals surface area contributed by atoms with Crippen molar-refractivity contribution in [2.75, 3.05) is 0 Å². The van der Waals surface area contributed by atoms with E-state index >= 15 is 0 Å². The summed E-state index contributed by atoms with van der Waals surface area (Å²) in [5.74, 6) is 0. The third-order valence-electron chi connectivity index (χ3n) is 2.15. The van der Waals surface area contributed by atoms with E-state index in [2.05, 4.69) is 15.3 Å². The monoisotopic (exact) mass is 325 g/mol. The Labute approximate surface area is 118 Å². The van der Waals surface area contributed by atoms with Crippen molar-refractivity contribution in [2.24, 2.45) is 7.05 Å². The molecule has 20 heavy (non-hydrogen) atoms. The first kappa shape index (κ1) is 14.7. The Bertz CT molecular complexity index is 666. The SMILES string of the molecule is Cc1nn(C)c(Sc2nnc(C(F)(F)F)s2)c1[N+](=O)[O-]. The molecule has 108 valence electrons. The van der Waals surface area contributed by atoms with Gasteiger partial charge in [0.15, 0.2) is 9.37 Å². The van der Waals surface area contributed by atoms with E-state index in [4.69, 9.17) is 0 Å². The summed E-state index contributed by atoms with van der Waals surface area (Å²) in [7, 11) is 1.47. The lowest BCUT2D eigenvalue weighted by atomic mass is 10.4. The molecule has 0 amide bonds. The van der Waals surface area contributed by atoms with Gasteiger partial charge in [0.25, 0.3) is 0 Å². The predicted molar refractivity (Wildman–Crippen MR) is 63.6 cm³/mol. The Hall–Kier alpha value is -1.69. The Morgan fingerprint density at radius 3 is 2.55 bits per heavy atom. The summed E-state index contributed by atoms with van der Waals surface area (Å²) < 4.78 is 38.4. The molecular weight excluding hydrogens is 319 g/mol. The van der Waals surface area contributed by atoms with Gasteiger partial charge in [-0.1, -0.05) is 11.3 Å². The maximum Gasteiger partial charge on any atom is 0.445 e. The summed E-state index contributed by atoms with van der Waals surface area (Å²) >= 11 is 1.06. The van der Waals surface area contributed by atoms with Crippen LogP contribution in [0.2, 0.25) is 0 Å². The fourth-order valence-corrected chi connectivity index (χ4v) is 3.22. The zero-order valence-corrected chi connectivity index (χ0v) is 11.6. The van der Waals surface area contributed by atoms with Crippen LogP contribution in [0.1, 0.15) is 10.7 Å². The molecule has 7 nitrogen and oxygen atoms in total. The molecule has 0 aliphatic carbocycles. The normalized spacial score (nSPS) is 11.8. The highest BCUT2D eigenvalue weighted by Gasteiger charge is 2.36. The molecule has 0 bridgehead atoms. The summed E-state index contributed by atoms with van der Waals surface area (Å²) in [5, 5.41) is 20.2. The van der Waals surface area contributed by atoms with Crippen LogP contribution in [0.15, 0.2) is 9.37 Å². The average Bonchev–Trinajstić information content (AvgIpc) is 2.84. The van der Waals surface area contributed by atoms with E-state index in [9.17, 15) is 23.3 Å². The first-order valence-electron chi connectivity index (χ1n) is 4.96. The van der Waals surface area contributed by atoms with Crippen molar-refractivity contribution in [3.63, 3.8) is 0 Å². The molecular formula is C8H6F3N5O2S2. The predicted octanol–water partition coefficient (Wildman–Crippen LogP) is 2.66. The third kappa shape index (κ3) is 2.75. The van der Waals surface area contributed by atoms with Crippen molar-refractivity contribution in [1.82, 2.24) is 20.0 Å². The van der Waals surface area contributed by atoms with Crippen LogP contribution in [0.3, 0.4) is 0 Å². The van der Waals surface area contributed by atoms with E-state index in [1.165, 1.54) is 18.7 Å². The number of aromatic nitrogens is 4. The van der Waals surface area contributed by atoms with Crippen LogP contribution >= 0.6 is 23.1 Å². The van der Waals surface area contributed by atoms with Gasteiger partial charge in [-0.25, -0.2) is 0 Å². The fourth-order valence-electron chi connectivity index (χ4n) is 1.40. The van der Waals surface area contributed by atoms with Gasteiger partial charge in [-0.15, -0.1) is 10.2 Å². The van der Waals surface area contributed by atoms with E-state index in [1.807, 2.05) is 0 Å². The molecule has 2 rings (SSSR count). The molecule has 0 saturated heterocycles. The third-order valence-corrected chi connectivity index (χ3v) is 4.32. The minimum absolute atomic E-state index is 0.0385. The zero-order chi connectivity index (χ0) is 15.1. The van der Waals surface area contributed by atoms with Gasteiger partial charge in [-0.3, -0.25) is 14.8 Å². The Morgan fingerprint density at radius 2 is 2.05 bits per heavy atom. The van der Waals surface area contributed by atoms with Crippen molar-refractivity contribution >= 4 is 28.8 Å². The first-order chi connectivity index (χ1) is 9.20. The van der Waals surface area contributed by atoms with Gasteiger partial charge in [0.2, 0.25) is 5.01 Å². The Balaban J connectivity index is 2.36. The number of nitro groups is 1. The van der Waals surface area contributed by atoms with Crippen molar-refractivity contribution in [1.29, 1.82) is 0 Å². The lowest BCUT2D eigenvalue weighted by molar-refractivity contribution is -0.388. The topological polar surface area (TPSA) is 86.7 Å². The van der Waals surface area contributed by atoms with E-state index < -0.39 is 16.1 Å². The molecule has 0 aliphatic heterocycles. The highest BCUT2D eigenvalue weighted by Crippen LogP contribution is 2.40. The van der Waals surface area contributed by atoms with Crippen LogP contribution in [-0.4, -0.2) is 24.9 Å². The molecule has 0 atom stereocenters. The minimum Gasteiger partial charge on any atom is -0.258 e. The molecule has 0 N–H and O–H groups in total. The number of nitrogens with zero attached hydrogens (tertiary/aromatic N) is 5. The molecule has 0 aromatic carbocycles. The van der Waals surface area contributed by atoms with Crippen molar-refractivity contribution < 1.29 is 18.1 Å². The van der Waals surface area contributed by atoms with Crippen LogP contribution in [0.4, 0.5) is 18.9 Å². The smallest absolute Gasteiger partial charge is 0.258 e. The number of aryl methyl sites for hydroxylation is 2. The summed E-state index contributed by atoms with van der Waals surface area (Å²) in [6.45, 7) is 1.45. The second-order valence-electron chi connectivity index (χ2n) is 3.59. The van der Waals surface area contributed by atoms with Crippen LogP contribution in [0.25, 0.3) is 0 Å². The summed E-state index contributed by atoms with van der Waals surface area (Å²) in [4.78, 5) is 10.3. The lowest BCUT2D eigenvalue weighted by Gasteiger charge is -1.98. The first-order valence-corrected chi connectivity index (χ1v) is 6.60. The minimum atomic E-state index is -4.58. The van der Waals surface area contributed by atoms with Crippen molar-refractivity contribution in [3.05, 3.63) is 20.8 Å². The quantitative estimate of drug-likeness (QED) is 0.637. The number of alkyl halides is 3. The highest BCUT2D eigenvalue weighted by atomic mass is 32.2. The highest BCUT2D eigenvalue weighted by molar-refractivity contribution is 8.01. The van der Waals surface area contributed by atoms with E-state index in [1.54, 1.807) is 0 Å². The molecule has 0 aliphatic rings. The molecule has 0 unspecified atom stereocenters. The molecule has 2 aromatic heterocycles. The molecule has 12 heteroatoms. The lowest BCUT2D eigenvalue weighted by Crippen LogP contribution is -2.03. The average molecular weight is 325 g/mol. The Morgan fingerprint density at radius 1 is 1.40 bits per heavy atom. The standard InChI is InChI=1S/C8H6F3N5O2S2/c1-3-4(16(17)18)5(15(2)14-3)19-7-13-12-6(20-7)8(9,10)11/h1-2H3. The second kappa shape index (κ2) is 5.01. The number of hydrogen-bond acceptors (Lipinski definition) is 7. The van der Waals surface area contributed by atoms with Gasteiger partial charge in [-0.05, 0) is 18.7 Å². The van der Waals surface area contributed by atoms with Gasteiger partial charge in [0.1, 0.15) is 5.69 Å². The molecule has 0 saturated carbocycles. The van der Waals surface area contributed by atoms with Gasteiger partial charge in [0.05, 0.1) is 4.92 Å². The van der Waals surface area contributed by atoms with Crippen LogP contribution in [0.5, 0.6) is 0 Å². The van der Waals surface area contributed by atoms with Crippen LogP contribution in [-0.2, 0) is 13.2 Å². The van der Waals surface area contributed by atoms with Gasteiger partial charge >= 0.3 is 11.9 Å². The maximum atomic E-state index is 12.4. The van der Waals surface area contributed by atoms with Crippen molar-refractivity contribution in [2.45, 2.75) is 22.5 Å². The van der Waals surface area contributed by atoms with E-state index in [-0.39, 0.29) is 20.7 Å². The fraction of sp³-hybridized carbons (Fsp3) is 0.375. The van der Waals surface area contributed by atoms with Gasteiger partial charge < -0.3 is 0 Å². The van der Waals surface area contributed by atoms with E-state index in [0.29, 0.717) is 11.3 Å². The van der Waals surface area contributed by atoms with Gasteiger partial charge in [0, 0.05) is 7.05 Å². The Kier molecular flexibility index (Phi) is 3.69. The zero-order valence-electron chi connectivity index (χ0n) is 10.0. The molecule has 0 radical (unpaired) electrons. The van der Waals surface area contributed by atoms with Crippen LogP contribution < -0.4 is 0 Å². The summed E-state index contributed by atoms with van der Waals surface area (Å²) in [5.41, 5.74) is -0.0678. The van der Waals surface area contributed by atoms with Gasteiger partial charge in [-0.2, -0.15) is 18.3 Å². The molecule has 0 spiro atoms. The number of rotatable bonds is 3. The van der Waals surface area contributed by atoms with E-state index in [0.717, 1.165) is 11.8 Å².